The average Bonchev–Trinajstić information content (AvgIpc) is 2.74. The quantitative estimate of drug-likeness (QED) is 0.669. The van der Waals surface area contributed by atoms with Gasteiger partial charge in [-0.05, 0) is 36.4 Å². The third-order valence-electron chi connectivity index (χ3n) is 2.54. The first-order valence-electron chi connectivity index (χ1n) is 5.18. The molecule has 0 radical (unpaired) electrons. The van der Waals surface area contributed by atoms with Crippen molar-refractivity contribution in [3.8, 4) is 16.3 Å². The van der Waals surface area contributed by atoms with E-state index in [1.54, 1.807) is 12.1 Å². The van der Waals surface area contributed by atoms with Gasteiger partial charge in [0.1, 0.15) is 10.8 Å². The Labute approximate surface area is 121 Å². The largest absolute Gasteiger partial charge is 0.507 e. The zero-order chi connectivity index (χ0) is 12.7. The lowest BCUT2D eigenvalue weighted by atomic mass is 10.2. The number of nitrogens with zero attached hydrogens (tertiary/aromatic N) is 1. The summed E-state index contributed by atoms with van der Waals surface area (Å²) in [5.41, 5.74) is 1.61. The number of aromatic hydroxyl groups is 1. The summed E-state index contributed by atoms with van der Waals surface area (Å²) in [6, 6.07) is 10.9. The highest BCUT2D eigenvalue weighted by Crippen LogP contribution is 2.37. The van der Waals surface area contributed by atoms with Crippen molar-refractivity contribution >= 4 is 49.1 Å². The van der Waals surface area contributed by atoms with Crippen molar-refractivity contribution in [2.24, 2.45) is 0 Å². The van der Waals surface area contributed by atoms with E-state index in [2.05, 4.69) is 20.9 Å². The standard InChI is InChI=1S/C13H7BrClNOS/c14-7-1-4-11(17)9(5-7)13-16-10-3-2-8(15)6-12(10)18-13/h1-6,17H. The van der Waals surface area contributed by atoms with E-state index in [0.717, 1.165) is 25.3 Å². The maximum Gasteiger partial charge on any atom is 0.128 e. The molecule has 3 aromatic rings. The van der Waals surface area contributed by atoms with Gasteiger partial charge in [-0.15, -0.1) is 11.3 Å². The zero-order valence-corrected chi connectivity index (χ0v) is 12.2. The predicted molar refractivity (Wildman–Crippen MR) is 79.4 cm³/mol. The Balaban J connectivity index is 2.22. The molecule has 0 aliphatic heterocycles. The van der Waals surface area contributed by atoms with Crippen LogP contribution in [0.1, 0.15) is 0 Å². The molecule has 2 nitrogen and oxygen atoms in total. The van der Waals surface area contributed by atoms with E-state index in [-0.39, 0.29) is 5.75 Å². The molecule has 1 heterocycles. The molecule has 18 heavy (non-hydrogen) atoms. The summed E-state index contributed by atoms with van der Waals surface area (Å²) in [7, 11) is 0. The van der Waals surface area contributed by atoms with Crippen LogP contribution in [0, 0.1) is 0 Å². The molecule has 1 N–H and O–H groups in total. The number of phenolic OH excluding ortho intramolecular Hbond substituents is 1. The second-order valence-electron chi connectivity index (χ2n) is 3.79. The fraction of sp³-hybridized carbons (Fsp3) is 0. The minimum atomic E-state index is 0.225. The molecule has 0 unspecified atom stereocenters. The molecule has 0 saturated carbocycles. The summed E-state index contributed by atoms with van der Waals surface area (Å²) in [4.78, 5) is 4.51. The lowest BCUT2D eigenvalue weighted by Gasteiger charge is -2.00. The first-order valence-corrected chi connectivity index (χ1v) is 7.17. The first kappa shape index (κ1) is 12.0. The van der Waals surface area contributed by atoms with E-state index < -0.39 is 0 Å². The van der Waals surface area contributed by atoms with E-state index in [4.69, 9.17) is 11.6 Å². The van der Waals surface area contributed by atoms with Crippen LogP contribution in [0.2, 0.25) is 5.02 Å². The number of hydrogen-bond donors (Lipinski definition) is 1. The van der Waals surface area contributed by atoms with E-state index in [0.29, 0.717) is 5.02 Å². The molecule has 0 aliphatic rings. The van der Waals surface area contributed by atoms with Crippen LogP contribution in [0.15, 0.2) is 40.9 Å². The van der Waals surface area contributed by atoms with E-state index >= 15 is 0 Å². The highest BCUT2D eigenvalue weighted by molar-refractivity contribution is 9.10. The number of phenols is 1. The zero-order valence-electron chi connectivity index (χ0n) is 9.02. The lowest BCUT2D eigenvalue weighted by molar-refractivity contribution is 0.477. The van der Waals surface area contributed by atoms with Gasteiger partial charge in [0.2, 0.25) is 0 Å². The Morgan fingerprint density at radius 3 is 2.83 bits per heavy atom. The summed E-state index contributed by atoms with van der Waals surface area (Å²) < 4.78 is 1.92. The van der Waals surface area contributed by atoms with Crippen molar-refractivity contribution in [3.05, 3.63) is 45.9 Å². The molecule has 0 saturated heterocycles. The van der Waals surface area contributed by atoms with Gasteiger partial charge in [-0.1, -0.05) is 27.5 Å². The van der Waals surface area contributed by atoms with Gasteiger partial charge in [0.15, 0.2) is 0 Å². The molecule has 5 heteroatoms. The van der Waals surface area contributed by atoms with E-state index in [1.165, 1.54) is 11.3 Å². The monoisotopic (exact) mass is 339 g/mol. The molecule has 0 aliphatic carbocycles. The first-order chi connectivity index (χ1) is 8.63. The van der Waals surface area contributed by atoms with Gasteiger partial charge in [0, 0.05) is 9.50 Å². The summed E-state index contributed by atoms with van der Waals surface area (Å²) in [6.07, 6.45) is 0. The fourth-order valence-corrected chi connectivity index (χ4v) is 3.32. The van der Waals surface area contributed by atoms with Gasteiger partial charge in [0.05, 0.1) is 15.8 Å². The number of rotatable bonds is 1. The molecule has 0 amide bonds. The number of hydrogen-bond acceptors (Lipinski definition) is 3. The Bertz CT molecular complexity index is 741. The van der Waals surface area contributed by atoms with Crippen molar-refractivity contribution in [1.29, 1.82) is 0 Å². The Hall–Kier alpha value is -1.10. The maximum atomic E-state index is 9.89. The smallest absolute Gasteiger partial charge is 0.128 e. The third kappa shape index (κ3) is 2.11. The molecule has 2 aromatic carbocycles. The van der Waals surface area contributed by atoms with Gasteiger partial charge in [-0.3, -0.25) is 0 Å². The number of fused-ring (bicyclic) bond motifs is 1. The van der Waals surface area contributed by atoms with E-state index in [1.807, 2.05) is 24.3 Å². The topological polar surface area (TPSA) is 33.1 Å². The van der Waals surface area contributed by atoms with Crippen LogP contribution in [0.5, 0.6) is 5.75 Å². The molecule has 0 bridgehead atoms. The Morgan fingerprint density at radius 2 is 2.00 bits per heavy atom. The van der Waals surface area contributed by atoms with Crippen LogP contribution >= 0.6 is 38.9 Å². The maximum absolute atomic E-state index is 9.89. The van der Waals surface area contributed by atoms with Crippen molar-refractivity contribution in [2.75, 3.05) is 0 Å². The molecule has 0 spiro atoms. The van der Waals surface area contributed by atoms with Crippen LogP contribution in [0.25, 0.3) is 20.8 Å². The van der Waals surface area contributed by atoms with E-state index in [9.17, 15) is 5.11 Å². The Kier molecular flexibility index (Phi) is 3.01. The number of thiazole rings is 1. The number of aromatic nitrogens is 1. The molecular formula is C13H7BrClNOS. The fourth-order valence-electron chi connectivity index (χ4n) is 1.69. The van der Waals surface area contributed by atoms with Gasteiger partial charge in [-0.2, -0.15) is 0 Å². The normalized spacial score (nSPS) is 11.0. The minimum absolute atomic E-state index is 0.225. The molecule has 0 fully saturated rings. The Morgan fingerprint density at radius 1 is 1.17 bits per heavy atom. The summed E-state index contributed by atoms with van der Waals surface area (Å²) in [6.45, 7) is 0. The van der Waals surface area contributed by atoms with Crippen LogP contribution in [-0.4, -0.2) is 10.1 Å². The lowest BCUT2D eigenvalue weighted by Crippen LogP contribution is -1.77. The van der Waals surface area contributed by atoms with Gasteiger partial charge >= 0.3 is 0 Å². The number of halogens is 2. The number of benzene rings is 2. The summed E-state index contributed by atoms with van der Waals surface area (Å²) in [5, 5.41) is 11.4. The van der Waals surface area contributed by atoms with Crippen LogP contribution < -0.4 is 0 Å². The molecule has 0 atom stereocenters. The molecule has 90 valence electrons. The van der Waals surface area contributed by atoms with Crippen LogP contribution in [0.4, 0.5) is 0 Å². The van der Waals surface area contributed by atoms with Crippen molar-refractivity contribution in [3.63, 3.8) is 0 Å². The van der Waals surface area contributed by atoms with Crippen molar-refractivity contribution < 1.29 is 5.11 Å². The highest BCUT2D eigenvalue weighted by atomic mass is 79.9. The summed E-state index contributed by atoms with van der Waals surface area (Å²) >= 11 is 10.9. The molecule has 3 rings (SSSR count). The minimum Gasteiger partial charge on any atom is -0.507 e. The third-order valence-corrected chi connectivity index (χ3v) is 4.32. The van der Waals surface area contributed by atoms with Gasteiger partial charge < -0.3 is 5.11 Å². The van der Waals surface area contributed by atoms with Crippen LogP contribution in [-0.2, 0) is 0 Å². The van der Waals surface area contributed by atoms with Crippen LogP contribution in [0.3, 0.4) is 0 Å². The molecular weight excluding hydrogens is 334 g/mol. The van der Waals surface area contributed by atoms with Gasteiger partial charge in [-0.25, -0.2) is 4.98 Å². The average molecular weight is 341 g/mol. The van der Waals surface area contributed by atoms with Gasteiger partial charge in [0.25, 0.3) is 0 Å². The highest BCUT2D eigenvalue weighted by Gasteiger charge is 2.11. The molecule has 1 aromatic heterocycles. The predicted octanol–water partition coefficient (Wildman–Crippen LogP) is 5.08. The van der Waals surface area contributed by atoms with Crippen molar-refractivity contribution in [2.45, 2.75) is 0 Å². The van der Waals surface area contributed by atoms with Crippen molar-refractivity contribution in [1.82, 2.24) is 4.98 Å². The SMILES string of the molecule is Oc1ccc(Br)cc1-c1nc2ccc(Cl)cc2s1. The second kappa shape index (κ2) is 4.53. The second-order valence-corrected chi connectivity index (χ2v) is 6.18. The summed E-state index contributed by atoms with van der Waals surface area (Å²) in [5.74, 6) is 0.225.